The Morgan fingerprint density at radius 3 is 2.74 bits per heavy atom. The minimum Gasteiger partial charge on any atom is -0.485 e. The zero-order valence-electron chi connectivity index (χ0n) is 14.6. The highest BCUT2D eigenvalue weighted by molar-refractivity contribution is 5.85. The number of hydrogen-bond acceptors (Lipinski definition) is 6. The molecule has 1 aliphatic heterocycles. The lowest BCUT2D eigenvalue weighted by Crippen LogP contribution is -2.44. The Kier molecular flexibility index (Phi) is 5.49. The topological polar surface area (TPSA) is 90.7 Å². The number of hydrogen-bond donors (Lipinski definition) is 0. The van der Waals surface area contributed by atoms with Crippen molar-refractivity contribution in [2.24, 2.45) is 0 Å². The molecule has 8 nitrogen and oxygen atoms in total. The maximum atomic E-state index is 13.8. The molecule has 1 aromatic heterocycles. The van der Waals surface area contributed by atoms with Gasteiger partial charge < -0.3 is 14.4 Å². The quantitative estimate of drug-likeness (QED) is 0.711. The minimum atomic E-state index is -0.876. The number of aromatic nitrogens is 2. The molecule has 0 bridgehead atoms. The number of carbonyl (C=O) groups is 2. The average molecular weight is 375 g/mol. The Morgan fingerprint density at radius 2 is 2.04 bits per heavy atom. The highest BCUT2D eigenvalue weighted by Crippen LogP contribution is 2.25. The van der Waals surface area contributed by atoms with Gasteiger partial charge in [0.05, 0.1) is 13.7 Å². The lowest BCUT2D eigenvalue weighted by molar-refractivity contribution is -0.151. The van der Waals surface area contributed by atoms with Crippen molar-refractivity contribution >= 4 is 11.9 Å². The molecule has 2 aromatic rings. The molecule has 2 heterocycles. The van der Waals surface area contributed by atoms with Gasteiger partial charge in [0.15, 0.2) is 11.6 Å². The molecule has 1 aliphatic rings. The molecule has 1 amide bonds. The molecule has 1 aromatic carbocycles. The van der Waals surface area contributed by atoms with Gasteiger partial charge in [-0.3, -0.25) is 9.59 Å². The monoisotopic (exact) mass is 375 g/mol. The van der Waals surface area contributed by atoms with E-state index in [1.54, 1.807) is 6.07 Å². The Bertz CT molecular complexity index is 900. The van der Waals surface area contributed by atoms with Crippen LogP contribution in [0.3, 0.4) is 0 Å². The maximum Gasteiger partial charge on any atom is 0.328 e. The summed E-state index contributed by atoms with van der Waals surface area (Å²) in [5, 5.41) is 3.84. The van der Waals surface area contributed by atoms with Crippen LogP contribution in [0.1, 0.15) is 6.42 Å². The van der Waals surface area contributed by atoms with Crippen molar-refractivity contribution in [3.8, 4) is 5.75 Å². The summed E-state index contributed by atoms with van der Waals surface area (Å²) in [5.74, 6) is -1.57. The first-order chi connectivity index (χ1) is 13.0. The highest BCUT2D eigenvalue weighted by Gasteiger charge is 2.41. The maximum absolute atomic E-state index is 13.8. The average Bonchev–Trinajstić information content (AvgIpc) is 3.09. The van der Waals surface area contributed by atoms with Crippen molar-refractivity contribution in [1.82, 2.24) is 14.7 Å². The van der Waals surface area contributed by atoms with Gasteiger partial charge in [-0.05, 0) is 18.2 Å². The van der Waals surface area contributed by atoms with Gasteiger partial charge >= 0.3 is 5.97 Å². The first kappa shape index (κ1) is 18.6. The molecule has 0 saturated carbocycles. The summed E-state index contributed by atoms with van der Waals surface area (Å²) in [6.07, 6.45) is 0.958. The van der Waals surface area contributed by atoms with E-state index >= 15 is 0 Å². The molecule has 0 N–H and O–H groups in total. The number of amides is 1. The number of rotatable bonds is 5. The van der Waals surface area contributed by atoms with E-state index in [-0.39, 0.29) is 25.3 Å². The zero-order chi connectivity index (χ0) is 19.4. The number of ether oxygens (including phenoxy) is 2. The zero-order valence-corrected chi connectivity index (χ0v) is 14.6. The summed E-state index contributed by atoms with van der Waals surface area (Å²) in [5.41, 5.74) is -0.432. The number of para-hydroxylation sites is 1. The van der Waals surface area contributed by atoms with Crippen LogP contribution in [0.25, 0.3) is 0 Å². The number of methoxy groups -OCH3 is 1. The third-order valence-corrected chi connectivity index (χ3v) is 4.26. The first-order valence-corrected chi connectivity index (χ1v) is 8.30. The number of likely N-dealkylation sites (tertiary alicyclic amines) is 1. The Balaban J connectivity index is 1.76. The van der Waals surface area contributed by atoms with E-state index < -0.39 is 35.4 Å². The Morgan fingerprint density at radius 1 is 1.26 bits per heavy atom. The summed E-state index contributed by atoms with van der Waals surface area (Å²) in [7, 11) is 1.22. The van der Waals surface area contributed by atoms with Crippen LogP contribution in [0.4, 0.5) is 4.39 Å². The number of carbonyl (C=O) groups excluding carboxylic acids is 2. The molecule has 142 valence electrons. The molecule has 1 saturated heterocycles. The number of halogens is 1. The third kappa shape index (κ3) is 4.13. The first-order valence-electron chi connectivity index (χ1n) is 8.30. The molecule has 2 atom stereocenters. The summed E-state index contributed by atoms with van der Waals surface area (Å²) in [4.78, 5) is 37.8. The normalized spacial score (nSPS) is 19.0. The van der Waals surface area contributed by atoms with E-state index in [0.29, 0.717) is 0 Å². The smallest absolute Gasteiger partial charge is 0.328 e. The third-order valence-electron chi connectivity index (χ3n) is 4.26. The van der Waals surface area contributed by atoms with Crippen LogP contribution in [0.5, 0.6) is 5.75 Å². The summed E-state index contributed by atoms with van der Waals surface area (Å²) in [6, 6.07) is 7.77. The van der Waals surface area contributed by atoms with Gasteiger partial charge in [0.1, 0.15) is 18.7 Å². The van der Waals surface area contributed by atoms with Gasteiger partial charge in [0.25, 0.3) is 5.56 Å². The Labute approximate surface area is 154 Å². The van der Waals surface area contributed by atoms with Crippen LogP contribution in [0.2, 0.25) is 0 Å². The van der Waals surface area contributed by atoms with Gasteiger partial charge in [-0.15, -0.1) is 0 Å². The van der Waals surface area contributed by atoms with Crippen molar-refractivity contribution in [1.29, 1.82) is 0 Å². The molecule has 1 fully saturated rings. The fourth-order valence-electron chi connectivity index (χ4n) is 2.96. The molecule has 0 aliphatic carbocycles. The van der Waals surface area contributed by atoms with Gasteiger partial charge in [-0.2, -0.15) is 5.10 Å². The lowest BCUT2D eigenvalue weighted by Gasteiger charge is -2.22. The summed E-state index contributed by atoms with van der Waals surface area (Å²) >= 11 is 0. The van der Waals surface area contributed by atoms with Crippen molar-refractivity contribution < 1.29 is 23.5 Å². The molecule has 0 spiro atoms. The van der Waals surface area contributed by atoms with Crippen LogP contribution in [-0.4, -0.2) is 52.4 Å². The Hall–Kier alpha value is -3.23. The van der Waals surface area contributed by atoms with Crippen LogP contribution in [-0.2, 0) is 20.9 Å². The second-order valence-corrected chi connectivity index (χ2v) is 6.01. The van der Waals surface area contributed by atoms with Crippen LogP contribution in [0, 0.1) is 5.82 Å². The van der Waals surface area contributed by atoms with Crippen molar-refractivity contribution in [2.45, 2.75) is 25.1 Å². The van der Waals surface area contributed by atoms with Crippen molar-refractivity contribution in [2.75, 3.05) is 13.7 Å². The van der Waals surface area contributed by atoms with Crippen molar-refractivity contribution in [3.05, 3.63) is 58.8 Å². The number of nitrogens with zero attached hydrogens (tertiary/aromatic N) is 3. The second-order valence-electron chi connectivity index (χ2n) is 6.01. The predicted molar refractivity (Wildman–Crippen MR) is 91.4 cm³/mol. The SMILES string of the molecule is COC(=O)C1CC(Oc2ccccc2F)CN1C(=O)Cn1ncccc1=O. The lowest BCUT2D eigenvalue weighted by atomic mass is 10.2. The molecule has 9 heteroatoms. The van der Waals surface area contributed by atoms with Gasteiger partial charge in [0, 0.05) is 18.7 Å². The fraction of sp³-hybridized carbons (Fsp3) is 0.333. The molecule has 27 heavy (non-hydrogen) atoms. The molecule has 0 radical (unpaired) electrons. The van der Waals surface area contributed by atoms with Gasteiger partial charge in [-0.1, -0.05) is 12.1 Å². The van der Waals surface area contributed by atoms with Crippen LogP contribution in [0.15, 0.2) is 47.4 Å². The van der Waals surface area contributed by atoms with E-state index in [1.807, 2.05) is 0 Å². The van der Waals surface area contributed by atoms with E-state index in [2.05, 4.69) is 5.10 Å². The summed E-state index contributed by atoms with van der Waals surface area (Å²) in [6.45, 7) is -0.256. The van der Waals surface area contributed by atoms with Gasteiger partial charge in [0.2, 0.25) is 5.91 Å². The summed E-state index contributed by atoms with van der Waals surface area (Å²) < 4.78 is 25.2. The fourth-order valence-corrected chi connectivity index (χ4v) is 2.96. The van der Waals surface area contributed by atoms with Crippen LogP contribution < -0.4 is 10.3 Å². The molecular formula is C18H18FN3O5. The second kappa shape index (κ2) is 7.98. The molecule has 3 rings (SSSR count). The van der Waals surface area contributed by atoms with E-state index in [1.165, 1.54) is 48.5 Å². The number of esters is 1. The highest BCUT2D eigenvalue weighted by atomic mass is 19.1. The molecule has 2 unspecified atom stereocenters. The largest absolute Gasteiger partial charge is 0.485 e. The van der Waals surface area contributed by atoms with Gasteiger partial charge in [-0.25, -0.2) is 13.9 Å². The minimum absolute atomic E-state index is 0.0429. The number of benzene rings is 1. The van der Waals surface area contributed by atoms with Crippen LogP contribution >= 0.6 is 0 Å². The molecular weight excluding hydrogens is 357 g/mol. The van der Waals surface area contributed by atoms with Crippen molar-refractivity contribution in [3.63, 3.8) is 0 Å². The predicted octanol–water partition coefficient (Wildman–Crippen LogP) is 0.604. The van der Waals surface area contributed by atoms with E-state index in [9.17, 15) is 18.8 Å². The van der Waals surface area contributed by atoms with E-state index in [0.717, 1.165) is 4.68 Å². The van der Waals surface area contributed by atoms with E-state index in [4.69, 9.17) is 9.47 Å². The standard InChI is InChI=1S/C18H18FN3O5/c1-26-18(25)14-9-12(27-15-6-3-2-5-13(15)19)10-21(14)17(24)11-22-16(23)7-4-8-20-22/h2-8,12,14H,9-11H2,1H3.